The van der Waals surface area contributed by atoms with E-state index in [1.54, 1.807) is 37.3 Å². The minimum Gasteiger partial charge on any atom is -0.478 e. The number of fused-ring (bicyclic) bond motifs is 2. The molecule has 10 heteroatoms. The second-order valence-corrected chi connectivity index (χ2v) is 7.39. The minimum absolute atomic E-state index is 0.0444. The fourth-order valence-electron chi connectivity index (χ4n) is 3.70. The van der Waals surface area contributed by atoms with Crippen LogP contribution in [0.4, 0.5) is 0 Å². The predicted octanol–water partition coefficient (Wildman–Crippen LogP) is 0.359. The Bertz CT molecular complexity index is 1120. The first kappa shape index (κ1) is 21.5. The lowest BCUT2D eigenvalue weighted by Crippen LogP contribution is -2.59. The summed E-state index contributed by atoms with van der Waals surface area (Å²) < 4.78 is 11.2. The van der Waals surface area contributed by atoms with Gasteiger partial charge >= 0.3 is 5.97 Å². The van der Waals surface area contributed by atoms with Crippen LogP contribution in [-0.4, -0.2) is 78.8 Å². The van der Waals surface area contributed by atoms with Crippen LogP contribution < -0.4 is 0 Å². The average Bonchev–Trinajstić information content (AvgIpc) is 2.76. The Morgan fingerprint density at radius 1 is 1.03 bits per heavy atom. The van der Waals surface area contributed by atoms with Crippen LogP contribution >= 0.6 is 0 Å². The highest BCUT2D eigenvalue weighted by atomic mass is 16.7. The van der Waals surface area contributed by atoms with Crippen molar-refractivity contribution in [2.24, 2.45) is 0 Å². The van der Waals surface area contributed by atoms with Gasteiger partial charge in [0.15, 0.2) is 6.29 Å². The number of aromatic nitrogens is 2. The van der Waals surface area contributed by atoms with Crippen molar-refractivity contribution in [2.45, 2.75) is 43.7 Å². The Labute approximate surface area is 176 Å². The molecule has 1 saturated heterocycles. The van der Waals surface area contributed by atoms with E-state index < -0.39 is 49.4 Å². The number of aromatic carboxylic acids is 1. The van der Waals surface area contributed by atoms with Gasteiger partial charge in [-0.05, 0) is 25.1 Å². The molecule has 1 fully saturated rings. The lowest BCUT2D eigenvalue weighted by atomic mass is 9.99. The number of hydrogen-bond acceptors (Lipinski definition) is 9. The maximum absolute atomic E-state index is 11.5. The highest BCUT2D eigenvalue weighted by Gasteiger charge is 2.44. The summed E-state index contributed by atoms with van der Waals surface area (Å²) in [6, 6.07) is 9.87. The lowest BCUT2D eigenvalue weighted by Gasteiger charge is -2.40. The molecule has 1 aromatic heterocycles. The first-order chi connectivity index (χ1) is 14.8. The predicted molar refractivity (Wildman–Crippen MR) is 107 cm³/mol. The van der Waals surface area contributed by atoms with E-state index in [-0.39, 0.29) is 11.1 Å². The van der Waals surface area contributed by atoms with Crippen molar-refractivity contribution in [3.05, 3.63) is 47.5 Å². The van der Waals surface area contributed by atoms with Crippen LogP contribution in [0, 0.1) is 0 Å². The Morgan fingerprint density at radius 2 is 1.68 bits per heavy atom. The standard InChI is InChI=1S/C21H22N2O8/c1-9(30-21-19(27)18(26)17(25)14(8-24)31-21)10-4-2-6-12-15(10)22-13-7-3-5-11(20(28)29)16(13)23-12/h2-7,9,14,17-19,21,24-27H,8H2,1H3,(H,28,29)/t9?,14-,17-,18+,19-,21-/m1/s1. The largest absolute Gasteiger partial charge is 0.478 e. The third kappa shape index (κ3) is 3.85. The number of benzene rings is 2. The van der Waals surface area contributed by atoms with Gasteiger partial charge in [0, 0.05) is 5.56 Å². The number of carbonyl (C=O) groups is 1. The monoisotopic (exact) mass is 430 g/mol. The van der Waals surface area contributed by atoms with Crippen molar-refractivity contribution in [1.82, 2.24) is 9.97 Å². The van der Waals surface area contributed by atoms with E-state index in [0.717, 1.165) is 0 Å². The third-order valence-corrected chi connectivity index (χ3v) is 5.38. The molecule has 6 atom stereocenters. The summed E-state index contributed by atoms with van der Waals surface area (Å²) in [5, 5.41) is 48.9. The molecule has 0 aliphatic carbocycles. The van der Waals surface area contributed by atoms with Crippen LogP contribution in [0.5, 0.6) is 0 Å². The summed E-state index contributed by atoms with van der Waals surface area (Å²) >= 11 is 0. The van der Waals surface area contributed by atoms with Gasteiger partial charge in [-0.3, -0.25) is 0 Å². The number of aliphatic hydroxyl groups is 4. The van der Waals surface area contributed by atoms with E-state index in [9.17, 15) is 30.3 Å². The summed E-state index contributed by atoms with van der Waals surface area (Å²) in [4.78, 5) is 20.5. The molecule has 1 aliphatic rings. The summed E-state index contributed by atoms with van der Waals surface area (Å²) in [7, 11) is 0. The lowest BCUT2D eigenvalue weighted by molar-refractivity contribution is -0.310. The molecule has 1 unspecified atom stereocenters. The van der Waals surface area contributed by atoms with E-state index in [0.29, 0.717) is 22.1 Å². The molecule has 0 amide bonds. The van der Waals surface area contributed by atoms with E-state index in [4.69, 9.17) is 9.47 Å². The van der Waals surface area contributed by atoms with Crippen molar-refractivity contribution < 1.29 is 39.8 Å². The quantitative estimate of drug-likeness (QED) is 0.357. The van der Waals surface area contributed by atoms with Crippen LogP contribution in [0.15, 0.2) is 36.4 Å². The molecular formula is C21H22N2O8. The van der Waals surface area contributed by atoms with E-state index in [1.165, 1.54) is 6.07 Å². The average molecular weight is 430 g/mol. The second kappa shape index (κ2) is 8.42. The normalized spacial score (nSPS) is 27.5. The molecule has 0 bridgehead atoms. The smallest absolute Gasteiger partial charge is 0.337 e. The Balaban J connectivity index is 1.70. The summed E-state index contributed by atoms with van der Waals surface area (Å²) in [6.07, 6.45) is -7.61. The third-order valence-electron chi connectivity index (χ3n) is 5.38. The van der Waals surface area contributed by atoms with Crippen LogP contribution in [0.3, 0.4) is 0 Å². The second-order valence-electron chi connectivity index (χ2n) is 7.39. The maximum Gasteiger partial charge on any atom is 0.337 e. The van der Waals surface area contributed by atoms with E-state index in [1.807, 2.05) is 0 Å². The van der Waals surface area contributed by atoms with Gasteiger partial charge in [0.25, 0.3) is 0 Å². The molecule has 164 valence electrons. The molecule has 2 heterocycles. The summed E-state index contributed by atoms with van der Waals surface area (Å²) in [6.45, 7) is 1.13. The van der Waals surface area contributed by atoms with Crippen molar-refractivity contribution in [3.63, 3.8) is 0 Å². The van der Waals surface area contributed by atoms with Gasteiger partial charge in [-0.2, -0.15) is 0 Å². The molecule has 1 aliphatic heterocycles. The highest BCUT2D eigenvalue weighted by molar-refractivity contribution is 6.02. The summed E-state index contributed by atoms with van der Waals surface area (Å²) in [5.41, 5.74) is 2.26. The molecule has 0 spiro atoms. The van der Waals surface area contributed by atoms with Crippen LogP contribution in [-0.2, 0) is 9.47 Å². The maximum atomic E-state index is 11.5. The van der Waals surface area contributed by atoms with Crippen molar-refractivity contribution >= 4 is 28.0 Å². The van der Waals surface area contributed by atoms with E-state index in [2.05, 4.69) is 9.97 Å². The van der Waals surface area contributed by atoms with E-state index >= 15 is 0 Å². The number of nitrogens with zero attached hydrogens (tertiary/aromatic N) is 2. The van der Waals surface area contributed by atoms with Gasteiger partial charge in [-0.15, -0.1) is 0 Å². The molecule has 10 nitrogen and oxygen atoms in total. The molecule has 2 aromatic carbocycles. The van der Waals surface area contributed by atoms with Crippen LogP contribution in [0.2, 0.25) is 0 Å². The van der Waals surface area contributed by atoms with Crippen molar-refractivity contribution in [1.29, 1.82) is 0 Å². The number of carboxylic acid groups (broad SMARTS) is 1. The highest BCUT2D eigenvalue weighted by Crippen LogP contribution is 2.31. The molecule has 0 radical (unpaired) electrons. The molecule has 3 aromatic rings. The molecule has 0 saturated carbocycles. The number of hydrogen-bond donors (Lipinski definition) is 5. The Morgan fingerprint density at radius 3 is 2.35 bits per heavy atom. The molecule has 5 N–H and O–H groups in total. The zero-order valence-electron chi connectivity index (χ0n) is 16.5. The SMILES string of the molecule is CC(O[C@@H]1O[C@H](CO)[C@@H](O)[C@H](O)[C@H]1O)c1cccc2nc3c(C(=O)O)cccc3nc12. The van der Waals surface area contributed by atoms with Gasteiger partial charge < -0.3 is 35.0 Å². The zero-order chi connectivity index (χ0) is 22.3. The summed E-state index contributed by atoms with van der Waals surface area (Å²) in [5.74, 6) is -1.10. The van der Waals surface area contributed by atoms with Crippen molar-refractivity contribution in [3.8, 4) is 0 Å². The van der Waals surface area contributed by atoms with Gasteiger partial charge in [0.1, 0.15) is 29.9 Å². The van der Waals surface area contributed by atoms with Crippen LogP contribution in [0.25, 0.3) is 22.1 Å². The first-order valence-corrected chi connectivity index (χ1v) is 9.70. The molecule has 4 rings (SSSR count). The number of rotatable bonds is 5. The number of ether oxygens (including phenoxy) is 2. The number of aliphatic hydroxyl groups excluding tert-OH is 4. The Hall–Kier alpha value is -2.73. The van der Waals surface area contributed by atoms with Gasteiger partial charge in [0.2, 0.25) is 0 Å². The fraction of sp³-hybridized carbons (Fsp3) is 0.381. The topological polar surface area (TPSA) is 162 Å². The van der Waals surface area contributed by atoms with Gasteiger partial charge in [-0.1, -0.05) is 18.2 Å². The minimum atomic E-state index is -1.55. The van der Waals surface area contributed by atoms with Gasteiger partial charge in [-0.25, -0.2) is 14.8 Å². The fourth-order valence-corrected chi connectivity index (χ4v) is 3.70. The van der Waals surface area contributed by atoms with Gasteiger partial charge in [0.05, 0.1) is 34.8 Å². The van der Waals surface area contributed by atoms with Crippen LogP contribution in [0.1, 0.15) is 28.9 Å². The first-order valence-electron chi connectivity index (χ1n) is 9.70. The van der Waals surface area contributed by atoms with Crippen molar-refractivity contribution in [2.75, 3.05) is 6.61 Å². The molecular weight excluding hydrogens is 408 g/mol. The zero-order valence-corrected chi connectivity index (χ0v) is 16.5. The molecule has 31 heavy (non-hydrogen) atoms. The number of carboxylic acids is 1. The number of para-hydroxylation sites is 2. The Kier molecular flexibility index (Phi) is 5.84.